The van der Waals surface area contributed by atoms with E-state index in [4.69, 9.17) is 0 Å². The Morgan fingerprint density at radius 1 is 1.11 bits per heavy atom. The van der Waals surface area contributed by atoms with E-state index < -0.39 is 48.1 Å². The van der Waals surface area contributed by atoms with Crippen LogP contribution in [0.1, 0.15) is 31.7 Å². The number of fused-ring (bicyclic) bond motifs is 1. The Bertz CT molecular complexity index is 1400. The SMILES string of the molecule is CC12CCC(=O)Nc3nc(-c4nn(CCC(F)(F)C(F)(F)F)c5ncc(F)cc45)nc(c31)NC2=O. The van der Waals surface area contributed by atoms with Gasteiger partial charge >= 0.3 is 12.1 Å². The first kappa shape index (κ1) is 23.0. The van der Waals surface area contributed by atoms with Crippen LogP contribution >= 0.6 is 0 Å². The highest BCUT2D eigenvalue weighted by molar-refractivity contribution is 6.09. The fraction of sp³-hybridized carbons (Fsp3) is 0.400. The van der Waals surface area contributed by atoms with E-state index in [0.29, 0.717) is 5.56 Å². The Hall–Kier alpha value is -3.78. The molecule has 3 aromatic rings. The molecule has 2 N–H and O–H groups in total. The van der Waals surface area contributed by atoms with Crippen molar-refractivity contribution in [3.8, 4) is 11.5 Å². The second-order valence-electron chi connectivity index (χ2n) is 8.50. The molecule has 0 spiro atoms. The number of aryl methyl sites for hydroxylation is 1. The van der Waals surface area contributed by atoms with Gasteiger partial charge in [0.2, 0.25) is 11.8 Å². The first-order valence-electron chi connectivity index (χ1n) is 10.3. The lowest BCUT2D eigenvalue weighted by molar-refractivity contribution is -0.285. The summed E-state index contributed by atoms with van der Waals surface area (Å²) in [6, 6.07) is 0.957. The predicted molar refractivity (Wildman–Crippen MR) is 108 cm³/mol. The molecule has 9 nitrogen and oxygen atoms in total. The number of carbonyl (C=O) groups excluding carboxylic acids is 2. The standard InChI is InChI=1S/C20H15F6N7O2/c1-18-3-2-10(34)28-13-11(18)14(31-17(18)35)30-15(29-13)12-9-6-8(21)7-27-16(9)33(32-12)5-4-19(22,23)20(24,25)26/h6-7H,2-5H2,1H3,(H2,28,29,30,31,34,35). The summed E-state index contributed by atoms with van der Waals surface area (Å²) >= 11 is 0. The molecule has 0 bridgehead atoms. The summed E-state index contributed by atoms with van der Waals surface area (Å²) in [5, 5.41) is 9.18. The Morgan fingerprint density at radius 3 is 2.49 bits per heavy atom. The average molecular weight is 499 g/mol. The maximum absolute atomic E-state index is 14.0. The van der Waals surface area contributed by atoms with Gasteiger partial charge in [0.15, 0.2) is 11.5 Å². The maximum Gasteiger partial charge on any atom is 0.453 e. The van der Waals surface area contributed by atoms with Crippen LogP contribution in [0.5, 0.6) is 0 Å². The van der Waals surface area contributed by atoms with Gasteiger partial charge in [-0.1, -0.05) is 0 Å². The van der Waals surface area contributed by atoms with Crippen molar-refractivity contribution in [2.24, 2.45) is 0 Å². The number of amides is 2. The van der Waals surface area contributed by atoms with Crippen molar-refractivity contribution in [2.45, 2.75) is 50.2 Å². The minimum Gasteiger partial charge on any atom is -0.310 e. The molecule has 3 aromatic heterocycles. The van der Waals surface area contributed by atoms with Crippen molar-refractivity contribution in [1.29, 1.82) is 0 Å². The number of hydrogen-bond donors (Lipinski definition) is 2. The molecular weight excluding hydrogens is 484 g/mol. The third-order valence-electron chi connectivity index (χ3n) is 6.12. The van der Waals surface area contributed by atoms with Gasteiger partial charge in [-0.3, -0.25) is 9.59 Å². The van der Waals surface area contributed by atoms with Crippen LogP contribution in [0.15, 0.2) is 12.3 Å². The predicted octanol–water partition coefficient (Wildman–Crippen LogP) is 3.56. The van der Waals surface area contributed by atoms with Crippen LogP contribution in [-0.2, 0) is 21.5 Å². The number of rotatable bonds is 4. The van der Waals surface area contributed by atoms with Crippen LogP contribution in [0.25, 0.3) is 22.6 Å². The van der Waals surface area contributed by atoms with Crippen LogP contribution in [0, 0.1) is 5.82 Å². The summed E-state index contributed by atoms with van der Waals surface area (Å²) in [7, 11) is 0. The fourth-order valence-corrected chi connectivity index (χ4v) is 4.17. The van der Waals surface area contributed by atoms with Crippen LogP contribution in [0.3, 0.4) is 0 Å². The number of hydrogen-bond acceptors (Lipinski definition) is 6. The molecule has 35 heavy (non-hydrogen) atoms. The van der Waals surface area contributed by atoms with Crippen molar-refractivity contribution in [3.63, 3.8) is 0 Å². The van der Waals surface area contributed by atoms with E-state index in [-0.39, 0.29) is 47.0 Å². The molecular formula is C20H15F6N7O2. The lowest BCUT2D eigenvalue weighted by Crippen LogP contribution is -2.37. The van der Waals surface area contributed by atoms with Crippen molar-refractivity contribution < 1.29 is 35.9 Å². The number of nitrogens with zero attached hydrogens (tertiary/aromatic N) is 5. The van der Waals surface area contributed by atoms with E-state index in [1.807, 2.05) is 0 Å². The van der Waals surface area contributed by atoms with Crippen molar-refractivity contribution >= 4 is 34.5 Å². The number of halogens is 6. The average Bonchev–Trinajstić information content (AvgIpc) is 3.19. The second-order valence-corrected chi connectivity index (χ2v) is 8.50. The van der Waals surface area contributed by atoms with Crippen molar-refractivity contribution in [2.75, 3.05) is 10.6 Å². The molecule has 0 saturated carbocycles. The first-order valence-corrected chi connectivity index (χ1v) is 10.3. The molecule has 1 atom stereocenters. The van der Waals surface area contributed by atoms with E-state index in [9.17, 15) is 35.9 Å². The smallest absolute Gasteiger partial charge is 0.310 e. The quantitative estimate of drug-likeness (QED) is 0.531. The van der Waals surface area contributed by atoms with Crippen LogP contribution in [-0.4, -0.2) is 48.6 Å². The highest BCUT2D eigenvalue weighted by Crippen LogP contribution is 2.46. The van der Waals surface area contributed by atoms with E-state index in [2.05, 4.69) is 30.7 Å². The third kappa shape index (κ3) is 3.56. The largest absolute Gasteiger partial charge is 0.453 e. The molecule has 5 rings (SSSR count). The maximum atomic E-state index is 14.0. The molecule has 184 valence electrons. The van der Waals surface area contributed by atoms with Gasteiger partial charge in [-0.15, -0.1) is 0 Å². The summed E-state index contributed by atoms with van der Waals surface area (Å²) in [5.74, 6) is -6.75. The number of pyridine rings is 1. The van der Waals surface area contributed by atoms with Gasteiger partial charge < -0.3 is 10.6 Å². The van der Waals surface area contributed by atoms with Gasteiger partial charge in [-0.05, 0) is 19.4 Å². The molecule has 0 radical (unpaired) electrons. The Kier molecular flexibility index (Phi) is 4.83. The zero-order chi connectivity index (χ0) is 25.3. The number of aromatic nitrogens is 5. The van der Waals surface area contributed by atoms with Gasteiger partial charge in [-0.2, -0.15) is 27.1 Å². The first-order chi connectivity index (χ1) is 16.3. The van der Waals surface area contributed by atoms with E-state index in [1.54, 1.807) is 6.92 Å². The summed E-state index contributed by atoms with van der Waals surface area (Å²) in [5.41, 5.74) is -1.08. The normalized spacial score (nSPS) is 20.0. The number of anilines is 2. The molecule has 1 unspecified atom stereocenters. The van der Waals surface area contributed by atoms with E-state index in [1.165, 1.54) is 0 Å². The lowest BCUT2D eigenvalue weighted by Gasteiger charge is -2.19. The van der Waals surface area contributed by atoms with Gasteiger partial charge in [0.1, 0.15) is 23.1 Å². The minimum absolute atomic E-state index is 0.0176. The molecule has 2 amide bonds. The van der Waals surface area contributed by atoms with E-state index >= 15 is 0 Å². The summed E-state index contributed by atoms with van der Waals surface area (Å²) < 4.78 is 79.6. The highest BCUT2D eigenvalue weighted by atomic mass is 19.4. The zero-order valence-corrected chi connectivity index (χ0v) is 17.8. The van der Waals surface area contributed by atoms with Crippen molar-refractivity contribution in [1.82, 2.24) is 24.7 Å². The lowest BCUT2D eigenvalue weighted by atomic mass is 9.81. The molecule has 0 saturated heterocycles. The Morgan fingerprint density at radius 2 is 1.80 bits per heavy atom. The number of carbonyl (C=O) groups is 2. The molecule has 2 aliphatic heterocycles. The fourth-order valence-electron chi connectivity index (χ4n) is 4.17. The Balaban J connectivity index is 1.64. The minimum atomic E-state index is -5.76. The highest BCUT2D eigenvalue weighted by Gasteiger charge is 2.57. The topological polar surface area (TPSA) is 115 Å². The molecule has 0 aromatic carbocycles. The van der Waals surface area contributed by atoms with E-state index in [0.717, 1.165) is 16.9 Å². The van der Waals surface area contributed by atoms with Crippen LogP contribution in [0.4, 0.5) is 38.0 Å². The summed E-state index contributed by atoms with van der Waals surface area (Å²) in [6.07, 6.45) is -6.39. The summed E-state index contributed by atoms with van der Waals surface area (Å²) in [4.78, 5) is 37.2. The molecule has 5 heterocycles. The van der Waals surface area contributed by atoms with Gasteiger partial charge in [0, 0.05) is 19.4 Å². The van der Waals surface area contributed by atoms with Crippen LogP contribution < -0.4 is 10.6 Å². The van der Waals surface area contributed by atoms with Crippen LogP contribution in [0.2, 0.25) is 0 Å². The molecule has 15 heteroatoms. The molecule has 0 fully saturated rings. The van der Waals surface area contributed by atoms with Gasteiger partial charge in [-0.25, -0.2) is 24.0 Å². The summed E-state index contributed by atoms with van der Waals surface area (Å²) in [6.45, 7) is 0.732. The number of alkyl halides is 5. The monoisotopic (exact) mass is 499 g/mol. The number of nitrogens with one attached hydrogen (secondary N) is 2. The van der Waals surface area contributed by atoms with Gasteiger partial charge in [0.05, 0.1) is 22.6 Å². The van der Waals surface area contributed by atoms with Crippen molar-refractivity contribution in [3.05, 3.63) is 23.6 Å². The third-order valence-corrected chi connectivity index (χ3v) is 6.12. The Labute approximate surface area is 191 Å². The second kappa shape index (κ2) is 7.36. The zero-order valence-electron chi connectivity index (χ0n) is 17.8. The van der Waals surface area contributed by atoms with Gasteiger partial charge in [0.25, 0.3) is 0 Å². The molecule has 0 aliphatic carbocycles. The molecule has 2 aliphatic rings.